The Morgan fingerprint density at radius 3 is 0.754 bits per heavy atom. The van der Waals surface area contributed by atoms with E-state index in [1.165, 1.54) is 257 Å². The zero-order valence-electron chi connectivity index (χ0n) is 47.3. The Morgan fingerprint density at radius 1 is 0.290 bits per heavy atom. The van der Waals surface area contributed by atoms with Gasteiger partial charge >= 0.3 is 17.9 Å². The first kappa shape index (κ1) is 67.4. The van der Waals surface area contributed by atoms with Crippen molar-refractivity contribution in [1.82, 2.24) is 0 Å². The molecule has 0 aliphatic carbocycles. The summed E-state index contributed by atoms with van der Waals surface area (Å²) in [5.41, 5.74) is 0. The van der Waals surface area contributed by atoms with Gasteiger partial charge in [0.1, 0.15) is 13.2 Å². The minimum Gasteiger partial charge on any atom is -0.462 e. The van der Waals surface area contributed by atoms with Gasteiger partial charge in [0.05, 0.1) is 0 Å². The molecule has 6 nitrogen and oxygen atoms in total. The van der Waals surface area contributed by atoms with E-state index in [2.05, 4.69) is 27.7 Å². The van der Waals surface area contributed by atoms with Crippen LogP contribution in [0.3, 0.4) is 0 Å². The Bertz CT molecular complexity index is 1040. The molecular formula is C63H122O6. The predicted molar refractivity (Wildman–Crippen MR) is 298 cm³/mol. The molecule has 0 aromatic rings. The Morgan fingerprint density at radius 2 is 0.507 bits per heavy atom. The molecule has 2 atom stereocenters. The summed E-state index contributed by atoms with van der Waals surface area (Å²) in [6, 6.07) is 0. The van der Waals surface area contributed by atoms with Crippen LogP contribution in [0.5, 0.6) is 0 Å². The third-order valence-corrected chi connectivity index (χ3v) is 14.9. The number of esters is 3. The van der Waals surface area contributed by atoms with E-state index in [4.69, 9.17) is 14.2 Å². The molecule has 0 saturated heterocycles. The summed E-state index contributed by atoms with van der Waals surface area (Å²) < 4.78 is 16.9. The maximum absolute atomic E-state index is 12.9. The topological polar surface area (TPSA) is 78.9 Å². The largest absolute Gasteiger partial charge is 0.462 e. The van der Waals surface area contributed by atoms with Crippen LogP contribution in [0.1, 0.15) is 362 Å². The zero-order chi connectivity index (χ0) is 50.2. The van der Waals surface area contributed by atoms with E-state index in [0.717, 1.165) is 63.7 Å². The molecule has 410 valence electrons. The third-order valence-electron chi connectivity index (χ3n) is 14.9. The molecule has 0 spiro atoms. The van der Waals surface area contributed by atoms with Gasteiger partial charge in [0.15, 0.2) is 6.10 Å². The van der Waals surface area contributed by atoms with Gasteiger partial charge in [-0.15, -0.1) is 0 Å². The lowest BCUT2D eigenvalue weighted by Gasteiger charge is -2.18. The fourth-order valence-electron chi connectivity index (χ4n) is 9.78. The number of carbonyl (C=O) groups is 3. The molecule has 0 amide bonds. The molecule has 0 heterocycles. The van der Waals surface area contributed by atoms with E-state index >= 15 is 0 Å². The lowest BCUT2D eigenvalue weighted by Crippen LogP contribution is -2.30. The highest BCUT2D eigenvalue weighted by atomic mass is 16.6. The van der Waals surface area contributed by atoms with Gasteiger partial charge in [-0.1, -0.05) is 323 Å². The molecule has 0 fully saturated rings. The first-order valence-electron chi connectivity index (χ1n) is 31.4. The molecule has 0 rings (SSSR count). The Balaban J connectivity index is 4.21. The van der Waals surface area contributed by atoms with Crippen LogP contribution < -0.4 is 0 Å². The van der Waals surface area contributed by atoms with Crippen LogP contribution in [-0.2, 0) is 28.6 Å². The second-order valence-corrected chi connectivity index (χ2v) is 21.9. The maximum atomic E-state index is 12.9. The fourth-order valence-corrected chi connectivity index (χ4v) is 9.78. The van der Waals surface area contributed by atoms with Crippen LogP contribution in [0.4, 0.5) is 0 Å². The normalized spacial score (nSPS) is 12.3. The van der Waals surface area contributed by atoms with Crippen molar-refractivity contribution >= 4 is 17.9 Å². The Hall–Kier alpha value is -1.59. The number of ether oxygens (including phenoxy) is 3. The van der Waals surface area contributed by atoms with Crippen LogP contribution in [-0.4, -0.2) is 37.2 Å². The predicted octanol–water partition coefficient (Wildman–Crippen LogP) is 21.0. The van der Waals surface area contributed by atoms with Crippen LogP contribution in [0, 0.1) is 5.92 Å². The van der Waals surface area contributed by atoms with Gasteiger partial charge in [-0.3, -0.25) is 14.4 Å². The van der Waals surface area contributed by atoms with Crippen molar-refractivity contribution in [3.05, 3.63) is 0 Å². The van der Waals surface area contributed by atoms with Crippen molar-refractivity contribution in [3.8, 4) is 0 Å². The molecule has 6 heteroatoms. The Kier molecular flexibility index (Phi) is 56.0. The second kappa shape index (κ2) is 57.3. The fraction of sp³-hybridized carbons (Fsp3) is 0.952. The van der Waals surface area contributed by atoms with Crippen LogP contribution in [0.2, 0.25) is 0 Å². The third kappa shape index (κ3) is 55.6. The van der Waals surface area contributed by atoms with E-state index in [9.17, 15) is 14.4 Å². The average Bonchev–Trinajstić information content (AvgIpc) is 3.35. The van der Waals surface area contributed by atoms with Gasteiger partial charge in [-0.2, -0.15) is 0 Å². The van der Waals surface area contributed by atoms with Crippen LogP contribution >= 0.6 is 0 Å². The molecule has 0 aliphatic rings. The van der Waals surface area contributed by atoms with E-state index < -0.39 is 6.10 Å². The van der Waals surface area contributed by atoms with Crippen molar-refractivity contribution in [3.63, 3.8) is 0 Å². The quantitative estimate of drug-likeness (QED) is 0.0343. The van der Waals surface area contributed by atoms with Gasteiger partial charge in [0.2, 0.25) is 0 Å². The molecule has 0 aliphatic heterocycles. The first-order valence-corrected chi connectivity index (χ1v) is 31.4. The standard InChI is InChI=1S/C63H122O6/c1-5-8-10-12-14-16-18-19-20-21-25-29-32-36-40-44-48-52-56-63(66)69-60(57-67-61(64)54-50-46-42-38-33-17-15-13-11-9-6-2)58-68-62(65)55-51-47-43-39-35-31-28-26-23-22-24-27-30-34-37-41-45-49-53-59(4)7-3/h59-60H,5-58H2,1-4H3/t59?,60-/m0/s1. The molecule has 0 saturated carbocycles. The molecule has 69 heavy (non-hydrogen) atoms. The molecule has 0 bridgehead atoms. The number of hydrogen-bond acceptors (Lipinski definition) is 6. The van der Waals surface area contributed by atoms with Gasteiger partial charge in [0, 0.05) is 19.3 Å². The maximum Gasteiger partial charge on any atom is 0.306 e. The first-order chi connectivity index (χ1) is 33.9. The summed E-state index contributed by atoms with van der Waals surface area (Å²) in [6.07, 6.45) is 63.9. The molecule has 0 N–H and O–H groups in total. The van der Waals surface area contributed by atoms with Gasteiger partial charge in [-0.05, 0) is 25.2 Å². The highest BCUT2D eigenvalue weighted by Gasteiger charge is 2.19. The molecule has 1 unspecified atom stereocenters. The molecule has 0 aromatic carbocycles. The highest BCUT2D eigenvalue weighted by molar-refractivity contribution is 5.71. The SMILES string of the molecule is CCCCCCCCCCCCCCCCCCCCC(=O)O[C@@H](COC(=O)CCCCCCCCCCCCC)COC(=O)CCCCCCCCCCCCCCCCCCCCC(C)CC. The van der Waals surface area contributed by atoms with Crippen molar-refractivity contribution in [2.45, 2.75) is 368 Å². The number of hydrogen-bond donors (Lipinski definition) is 0. The average molecular weight is 976 g/mol. The number of unbranched alkanes of at least 4 members (excludes halogenated alkanes) is 44. The molecule has 0 aromatic heterocycles. The van der Waals surface area contributed by atoms with Crippen LogP contribution in [0.25, 0.3) is 0 Å². The second-order valence-electron chi connectivity index (χ2n) is 21.9. The van der Waals surface area contributed by atoms with Gasteiger partial charge in [0.25, 0.3) is 0 Å². The van der Waals surface area contributed by atoms with E-state index in [1.807, 2.05) is 0 Å². The van der Waals surface area contributed by atoms with E-state index in [0.29, 0.717) is 19.3 Å². The lowest BCUT2D eigenvalue weighted by molar-refractivity contribution is -0.167. The summed E-state index contributed by atoms with van der Waals surface area (Å²) in [7, 11) is 0. The van der Waals surface area contributed by atoms with Crippen molar-refractivity contribution in [1.29, 1.82) is 0 Å². The summed E-state index contributed by atoms with van der Waals surface area (Å²) >= 11 is 0. The molecular weight excluding hydrogens is 853 g/mol. The highest BCUT2D eigenvalue weighted by Crippen LogP contribution is 2.19. The van der Waals surface area contributed by atoms with E-state index in [-0.39, 0.29) is 31.1 Å². The summed E-state index contributed by atoms with van der Waals surface area (Å²) in [6.45, 7) is 9.12. The minimum absolute atomic E-state index is 0.0613. The lowest BCUT2D eigenvalue weighted by atomic mass is 9.99. The van der Waals surface area contributed by atoms with Gasteiger partial charge < -0.3 is 14.2 Å². The summed E-state index contributed by atoms with van der Waals surface area (Å²) in [5, 5.41) is 0. The Labute approximate surface area is 431 Å². The summed E-state index contributed by atoms with van der Waals surface area (Å²) in [4.78, 5) is 38.2. The van der Waals surface area contributed by atoms with Gasteiger partial charge in [-0.25, -0.2) is 0 Å². The summed E-state index contributed by atoms with van der Waals surface area (Å²) in [5.74, 6) is 0.0792. The van der Waals surface area contributed by atoms with Crippen molar-refractivity contribution in [2.24, 2.45) is 5.92 Å². The minimum atomic E-state index is -0.762. The van der Waals surface area contributed by atoms with E-state index in [1.54, 1.807) is 0 Å². The smallest absolute Gasteiger partial charge is 0.306 e. The number of carbonyl (C=O) groups excluding carboxylic acids is 3. The number of rotatable bonds is 58. The zero-order valence-corrected chi connectivity index (χ0v) is 47.3. The van der Waals surface area contributed by atoms with Crippen molar-refractivity contribution < 1.29 is 28.6 Å². The van der Waals surface area contributed by atoms with Crippen LogP contribution in [0.15, 0.2) is 0 Å². The van der Waals surface area contributed by atoms with Crippen molar-refractivity contribution in [2.75, 3.05) is 13.2 Å². The monoisotopic (exact) mass is 975 g/mol. The molecule has 0 radical (unpaired) electrons.